The molecule has 0 aliphatic heterocycles. The van der Waals surface area contributed by atoms with Crippen molar-refractivity contribution in [3.63, 3.8) is 0 Å². The molecule has 166 valence electrons. The average Bonchev–Trinajstić information content (AvgIpc) is 3.25. The van der Waals surface area contributed by atoms with E-state index in [0.717, 1.165) is 10.5 Å². The van der Waals surface area contributed by atoms with Crippen molar-refractivity contribution in [2.75, 3.05) is 5.32 Å². The van der Waals surface area contributed by atoms with Gasteiger partial charge in [-0.2, -0.15) is 5.10 Å². The van der Waals surface area contributed by atoms with Gasteiger partial charge in [0.2, 0.25) is 0 Å². The van der Waals surface area contributed by atoms with Crippen LogP contribution in [0.3, 0.4) is 0 Å². The molecule has 4 rings (SSSR count). The molecule has 0 aliphatic rings. The molecule has 10 heteroatoms. The second-order valence-corrected chi connectivity index (χ2v) is 9.12. The van der Waals surface area contributed by atoms with Crippen LogP contribution in [0.2, 0.25) is 10.0 Å². The minimum absolute atomic E-state index is 0.124. The number of hydrogen-bond acceptors (Lipinski definition) is 5. The van der Waals surface area contributed by atoms with Gasteiger partial charge in [0.25, 0.3) is 11.6 Å². The van der Waals surface area contributed by atoms with Gasteiger partial charge < -0.3 is 5.32 Å². The molecule has 0 saturated heterocycles. The lowest BCUT2D eigenvalue weighted by atomic mass is 10.1. The highest BCUT2D eigenvalue weighted by Crippen LogP contribution is 2.34. The number of carbonyl (C=O) groups excluding carboxylic acids is 1. The van der Waals surface area contributed by atoms with Crippen molar-refractivity contribution in [1.82, 2.24) is 10.2 Å². The first-order chi connectivity index (χ1) is 15.8. The number of halogens is 2. The van der Waals surface area contributed by atoms with E-state index in [2.05, 4.69) is 15.5 Å². The van der Waals surface area contributed by atoms with Crippen LogP contribution in [0.25, 0.3) is 11.3 Å². The molecular formula is C23H16Cl2N4O3S. The molecule has 1 heterocycles. The normalized spacial score (nSPS) is 10.8. The molecular weight excluding hydrogens is 483 g/mol. The predicted octanol–water partition coefficient (Wildman–Crippen LogP) is 7.00. The number of aryl methyl sites for hydroxylation is 1. The van der Waals surface area contributed by atoms with Crippen molar-refractivity contribution in [2.45, 2.75) is 16.7 Å². The van der Waals surface area contributed by atoms with Crippen LogP contribution in [0.1, 0.15) is 16.1 Å². The van der Waals surface area contributed by atoms with Crippen molar-refractivity contribution < 1.29 is 9.72 Å². The Morgan fingerprint density at radius 1 is 1.03 bits per heavy atom. The van der Waals surface area contributed by atoms with Gasteiger partial charge in [-0.05, 0) is 49.4 Å². The number of H-pyrrole nitrogens is 1. The van der Waals surface area contributed by atoms with Crippen LogP contribution in [0.15, 0.2) is 76.5 Å². The Hall–Kier alpha value is -3.33. The zero-order valence-electron chi connectivity index (χ0n) is 17.1. The third kappa shape index (κ3) is 5.54. The Morgan fingerprint density at radius 3 is 2.48 bits per heavy atom. The molecule has 0 bridgehead atoms. The number of nitro groups is 1. The molecule has 4 aromatic rings. The van der Waals surface area contributed by atoms with Gasteiger partial charge in [0.15, 0.2) is 0 Å². The zero-order valence-corrected chi connectivity index (χ0v) is 19.5. The summed E-state index contributed by atoms with van der Waals surface area (Å²) < 4.78 is 0. The van der Waals surface area contributed by atoms with E-state index in [4.69, 9.17) is 23.2 Å². The summed E-state index contributed by atoms with van der Waals surface area (Å²) in [7, 11) is 0. The summed E-state index contributed by atoms with van der Waals surface area (Å²) in [6, 6.07) is 18.8. The van der Waals surface area contributed by atoms with Crippen LogP contribution in [-0.2, 0) is 0 Å². The average molecular weight is 499 g/mol. The number of nitro benzene ring substituents is 1. The molecule has 33 heavy (non-hydrogen) atoms. The van der Waals surface area contributed by atoms with E-state index in [9.17, 15) is 14.9 Å². The van der Waals surface area contributed by atoms with E-state index in [1.807, 2.05) is 31.2 Å². The van der Waals surface area contributed by atoms with Gasteiger partial charge in [-0.1, -0.05) is 52.7 Å². The third-order valence-electron chi connectivity index (χ3n) is 4.65. The summed E-state index contributed by atoms with van der Waals surface area (Å²) in [4.78, 5) is 25.3. The number of amides is 1. The summed E-state index contributed by atoms with van der Waals surface area (Å²) in [6.07, 6.45) is 0. The number of nitrogens with zero attached hydrogens (tertiary/aromatic N) is 2. The number of aromatic nitrogens is 2. The molecule has 0 spiro atoms. The number of non-ortho nitro benzene ring substituents is 1. The van der Waals surface area contributed by atoms with E-state index < -0.39 is 10.8 Å². The first-order valence-corrected chi connectivity index (χ1v) is 11.2. The van der Waals surface area contributed by atoms with Gasteiger partial charge in [0.05, 0.1) is 15.6 Å². The predicted molar refractivity (Wildman–Crippen MR) is 130 cm³/mol. The second kappa shape index (κ2) is 9.66. The van der Waals surface area contributed by atoms with Crippen molar-refractivity contribution in [3.05, 3.63) is 98.1 Å². The largest absolute Gasteiger partial charge is 0.320 e. The van der Waals surface area contributed by atoms with E-state index in [0.29, 0.717) is 31.9 Å². The number of benzene rings is 3. The van der Waals surface area contributed by atoms with Crippen LogP contribution >= 0.6 is 35.0 Å². The first-order valence-electron chi connectivity index (χ1n) is 9.65. The molecule has 0 fully saturated rings. The van der Waals surface area contributed by atoms with Crippen molar-refractivity contribution >= 4 is 52.2 Å². The Morgan fingerprint density at radius 2 is 1.79 bits per heavy atom. The number of aromatic amines is 1. The van der Waals surface area contributed by atoms with Crippen molar-refractivity contribution in [1.29, 1.82) is 0 Å². The molecule has 0 aliphatic carbocycles. The van der Waals surface area contributed by atoms with Crippen molar-refractivity contribution in [2.24, 2.45) is 0 Å². The lowest BCUT2D eigenvalue weighted by Crippen LogP contribution is -2.12. The molecule has 0 radical (unpaired) electrons. The maximum absolute atomic E-state index is 12.8. The molecule has 7 nitrogen and oxygen atoms in total. The van der Waals surface area contributed by atoms with Crippen LogP contribution in [0.4, 0.5) is 11.4 Å². The Bertz CT molecular complexity index is 1360. The van der Waals surface area contributed by atoms with E-state index in [-0.39, 0.29) is 11.4 Å². The minimum atomic E-state index is -0.495. The maximum Gasteiger partial charge on any atom is 0.273 e. The Kier molecular flexibility index (Phi) is 6.69. The molecule has 0 saturated carbocycles. The zero-order chi connectivity index (χ0) is 23.5. The van der Waals surface area contributed by atoms with E-state index in [1.54, 1.807) is 30.3 Å². The van der Waals surface area contributed by atoms with Gasteiger partial charge in [0, 0.05) is 38.2 Å². The molecule has 0 atom stereocenters. The number of carbonyl (C=O) groups is 1. The van der Waals surface area contributed by atoms with Gasteiger partial charge in [-0.15, -0.1) is 0 Å². The quantitative estimate of drug-likeness (QED) is 0.220. The van der Waals surface area contributed by atoms with Gasteiger partial charge in [-0.25, -0.2) is 0 Å². The maximum atomic E-state index is 12.8. The monoisotopic (exact) mass is 498 g/mol. The lowest BCUT2D eigenvalue weighted by molar-refractivity contribution is -0.385. The fourth-order valence-corrected chi connectivity index (χ4v) is 4.45. The smallest absolute Gasteiger partial charge is 0.273 e. The van der Waals surface area contributed by atoms with Crippen LogP contribution < -0.4 is 5.32 Å². The highest BCUT2D eigenvalue weighted by Gasteiger charge is 2.16. The summed E-state index contributed by atoms with van der Waals surface area (Å²) in [5.74, 6) is -0.495. The number of anilines is 1. The van der Waals surface area contributed by atoms with Gasteiger partial charge in [0.1, 0.15) is 5.69 Å². The fourth-order valence-electron chi connectivity index (χ4n) is 3.03. The summed E-state index contributed by atoms with van der Waals surface area (Å²) in [5, 5.41) is 21.8. The molecule has 1 amide bonds. The topological polar surface area (TPSA) is 101 Å². The molecule has 3 aromatic carbocycles. The molecule has 1 aromatic heterocycles. The first kappa shape index (κ1) is 22.8. The summed E-state index contributed by atoms with van der Waals surface area (Å²) in [5.41, 5.74) is 2.55. The lowest BCUT2D eigenvalue weighted by Gasteiger charge is -2.07. The van der Waals surface area contributed by atoms with Crippen LogP contribution in [-0.4, -0.2) is 21.0 Å². The summed E-state index contributed by atoms with van der Waals surface area (Å²) in [6.45, 7) is 1.98. The molecule has 0 unspecified atom stereocenters. The Labute approximate surface area is 203 Å². The van der Waals surface area contributed by atoms with Gasteiger partial charge >= 0.3 is 0 Å². The Balaban J connectivity index is 1.57. The number of hydrogen-bond donors (Lipinski definition) is 2. The van der Waals surface area contributed by atoms with Gasteiger partial charge in [-0.3, -0.25) is 20.0 Å². The SMILES string of the molecule is Cc1ccc(Sc2cc(NC(=O)c3cc(-c4ccc(Cl)cc4Cl)n[nH]3)cc([N+](=O)[O-])c2)cc1. The van der Waals surface area contributed by atoms with E-state index in [1.165, 1.54) is 23.9 Å². The standard InChI is InChI=1S/C23H16Cl2N4O3S/c1-13-2-5-17(6-3-13)33-18-10-15(9-16(11-18)29(31)32)26-23(30)22-12-21(27-28-22)19-7-4-14(24)8-20(19)25/h2-12H,1H3,(H,26,30)(H,27,28). The van der Waals surface area contributed by atoms with Crippen molar-refractivity contribution in [3.8, 4) is 11.3 Å². The van der Waals surface area contributed by atoms with Crippen LogP contribution in [0, 0.1) is 17.0 Å². The summed E-state index contributed by atoms with van der Waals surface area (Å²) >= 11 is 13.5. The number of nitrogens with one attached hydrogen (secondary N) is 2. The third-order valence-corrected chi connectivity index (χ3v) is 6.17. The second-order valence-electron chi connectivity index (χ2n) is 7.13. The minimum Gasteiger partial charge on any atom is -0.320 e. The van der Waals surface area contributed by atoms with Crippen LogP contribution in [0.5, 0.6) is 0 Å². The number of rotatable bonds is 6. The molecule has 2 N–H and O–H groups in total. The highest BCUT2D eigenvalue weighted by molar-refractivity contribution is 7.99. The van der Waals surface area contributed by atoms with E-state index >= 15 is 0 Å². The highest BCUT2D eigenvalue weighted by atomic mass is 35.5. The fraction of sp³-hybridized carbons (Fsp3) is 0.0435.